The molecule has 0 heterocycles. The minimum absolute atomic E-state index is 0.163. The molecule has 90 valence electrons. The summed E-state index contributed by atoms with van der Waals surface area (Å²) in [6.07, 6.45) is 1.52. The molecule has 0 saturated heterocycles. The van der Waals surface area contributed by atoms with Crippen LogP contribution in [0.4, 0.5) is 0 Å². The molecule has 4 heteroatoms. The van der Waals surface area contributed by atoms with Crippen LogP contribution in [0.3, 0.4) is 0 Å². The summed E-state index contributed by atoms with van der Waals surface area (Å²) in [5.41, 5.74) is 6.52. The third-order valence-electron chi connectivity index (χ3n) is 2.39. The van der Waals surface area contributed by atoms with E-state index in [0.717, 1.165) is 18.4 Å². The first-order chi connectivity index (χ1) is 7.33. The average molecular weight is 225 g/mol. The quantitative estimate of drug-likeness (QED) is 0.683. The molecule has 0 amide bonds. The standard InChI is InChI=1S/C12H19NO3/c1-12(2,13)5-4-8-6-9(14)11(15)10(7-8)16-3/h6-7,14-15H,4-5,13H2,1-3H3. The van der Waals surface area contributed by atoms with Gasteiger partial charge in [0.25, 0.3) is 0 Å². The fraction of sp³-hybridized carbons (Fsp3) is 0.500. The molecule has 0 aromatic heterocycles. The van der Waals surface area contributed by atoms with Crippen LogP contribution in [0.5, 0.6) is 17.2 Å². The number of benzene rings is 1. The fourth-order valence-electron chi connectivity index (χ4n) is 1.42. The molecule has 0 unspecified atom stereocenters. The normalized spacial score (nSPS) is 11.5. The van der Waals surface area contributed by atoms with Crippen LogP contribution < -0.4 is 10.5 Å². The fourth-order valence-corrected chi connectivity index (χ4v) is 1.42. The smallest absolute Gasteiger partial charge is 0.200 e. The first-order valence-corrected chi connectivity index (χ1v) is 5.21. The van der Waals surface area contributed by atoms with Gasteiger partial charge in [-0.2, -0.15) is 0 Å². The van der Waals surface area contributed by atoms with Crippen molar-refractivity contribution in [3.05, 3.63) is 17.7 Å². The summed E-state index contributed by atoms with van der Waals surface area (Å²) in [5, 5.41) is 18.9. The van der Waals surface area contributed by atoms with E-state index in [4.69, 9.17) is 10.5 Å². The van der Waals surface area contributed by atoms with E-state index in [0.29, 0.717) is 0 Å². The van der Waals surface area contributed by atoms with Crippen molar-refractivity contribution >= 4 is 0 Å². The average Bonchev–Trinajstić information content (AvgIpc) is 2.18. The Morgan fingerprint density at radius 1 is 1.31 bits per heavy atom. The lowest BCUT2D eigenvalue weighted by Crippen LogP contribution is -2.32. The van der Waals surface area contributed by atoms with Crippen molar-refractivity contribution in [2.45, 2.75) is 32.2 Å². The second kappa shape index (κ2) is 4.61. The molecule has 4 nitrogen and oxygen atoms in total. The van der Waals surface area contributed by atoms with Crippen molar-refractivity contribution in [1.29, 1.82) is 0 Å². The summed E-state index contributed by atoms with van der Waals surface area (Å²) in [5.74, 6) is -0.104. The largest absolute Gasteiger partial charge is 0.504 e. The van der Waals surface area contributed by atoms with E-state index in [1.165, 1.54) is 13.2 Å². The highest BCUT2D eigenvalue weighted by molar-refractivity contribution is 5.51. The lowest BCUT2D eigenvalue weighted by molar-refractivity contribution is 0.350. The molecule has 0 fully saturated rings. The molecule has 0 radical (unpaired) electrons. The SMILES string of the molecule is COc1cc(CCC(C)(C)N)cc(O)c1O. The minimum atomic E-state index is -0.249. The summed E-state index contributed by atoms with van der Waals surface area (Å²) < 4.78 is 4.96. The van der Waals surface area contributed by atoms with Crippen molar-refractivity contribution < 1.29 is 14.9 Å². The predicted molar refractivity (Wildman–Crippen MR) is 62.9 cm³/mol. The molecule has 0 atom stereocenters. The Morgan fingerprint density at radius 3 is 2.44 bits per heavy atom. The highest BCUT2D eigenvalue weighted by Gasteiger charge is 2.13. The monoisotopic (exact) mass is 225 g/mol. The number of rotatable bonds is 4. The first kappa shape index (κ1) is 12.6. The number of hydrogen-bond acceptors (Lipinski definition) is 4. The topological polar surface area (TPSA) is 75.7 Å². The number of hydrogen-bond donors (Lipinski definition) is 3. The van der Waals surface area contributed by atoms with Gasteiger partial charge in [-0.15, -0.1) is 0 Å². The Morgan fingerprint density at radius 2 is 1.94 bits per heavy atom. The summed E-state index contributed by atoms with van der Waals surface area (Å²) >= 11 is 0. The minimum Gasteiger partial charge on any atom is -0.504 e. The van der Waals surface area contributed by atoms with E-state index < -0.39 is 0 Å². The maximum atomic E-state index is 9.48. The van der Waals surface area contributed by atoms with Gasteiger partial charge in [-0.05, 0) is 44.4 Å². The molecule has 1 aromatic carbocycles. The van der Waals surface area contributed by atoms with Gasteiger partial charge in [0, 0.05) is 5.54 Å². The van der Waals surface area contributed by atoms with Gasteiger partial charge < -0.3 is 20.7 Å². The van der Waals surface area contributed by atoms with Crippen LogP contribution >= 0.6 is 0 Å². The van der Waals surface area contributed by atoms with E-state index in [1.807, 2.05) is 13.8 Å². The maximum absolute atomic E-state index is 9.48. The van der Waals surface area contributed by atoms with Gasteiger partial charge in [-0.3, -0.25) is 0 Å². The van der Waals surface area contributed by atoms with Crippen molar-refractivity contribution in [3.8, 4) is 17.2 Å². The zero-order valence-electron chi connectivity index (χ0n) is 9.95. The van der Waals surface area contributed by atoms with Gasteiger partial charge in [0.15, 0.2) is 11.5 Å². The van der Waals surface area contributed by atoms with Gasteiger partial charge in [0.05, 0.1) is 7.11 Å². The summed E-state index contributed by atoms with van der Waals surface area (Å²) in [7, 11) is 1.45. The van der Waals surface area contributed by atoms with Gasteiger partial charge >= 0.3 is 0 Å². The molecular weight excluding hydrogens is 206 g/mol. The Hall–Kier alpha value is -1.42. The number of nitrogens with two attached hydrogens (primary N) is 1. The van der Waals surface area contributed by atoms with E-state index in [9.17, 15) is 10.2 Å². The first-order valence-electron chi connectivity index (χ1n) is 5.21. The molecular formula is C12H19NO3. The Kier molecular flexibility index (Phi) is 3.65. The summed E-state index contributed by atoms with van der Waals surface area (Å²) in [6, 6.07) is 3.24. The highest BCUT2D eigenvalue weighted by Crippen LogP contribution is 2.36. The van der Waals surface area contributed by atoms with Crippen molar-refractivity contribution in [2.75, 3.05) is 7.11 Å². The molecule has 0 saturated carbocycles. The van der Waals surface area contributed by atoms with Gasteiger partial charge in [-0.1, -0.05) is 0 Å². The number of methoxy groups -OCH3 is 1. The molecule has 0 aliphatic carbocycles. The molecule has 4 N–H and O–H groups in total. The Labute approximate surface area is 95.7 Å². The lowest BCUT2D eigenvalue weighted by Gasteiger charge is -2.18. The third-order valence-corrected chi connectivity index (χ3v) is 2.39. The predicted octanol–water partition coefficient (Wildman–Crippen LogP) is 1.78. The zero-order chi connectivity index (χ0) is 12.3. The molecule has 1 aromatic rings. The van der Waals surface area contributed by atoms with Gasteiger partial charge in [-0.25, -0.2) is 0 Å². The van der Waals surface area contributed by atoms with Crippen LogP contribution in [0.15, 0.2) is 12.1 Å². The summed E-state index contributed by atoms with van der Waals surface area (Å²) in [4.78, 5) is 0. The second-order valence-electron chi connectivity index (χ2n) is 4.65. The zero-order valence-corrected chi connectivity index (χ0v) is 9.95. The third kappa shape index (κ3) is 3.31. The number of ether oxygens (including phenoxy) is 1. The van der Waals surface area contributed by atoms with E-state index in [1.54, 1.807) is 6.07 Å². The van der Waals surface area contributed by atoms with Crippen molar-refractivity contribution in [1.82, 2.24) is 0 Å². The van der Waals surface area contributed by atoms with Crippen LogP contribution in [0, 0.1) is 0 Å². The van der Waals surface area contributed by atoms with Crippen LogP contribution in [-0.4, -0.2) is 22.9 Å². The van der Waals surface area contributed by atoms with Crippen LogP contribution in [0.25, 0.3) is 0 Å². The van der Waals surface area contributed by atoms with Crippen molar-refractivity contribution in [2.24, 2.45) is 5.73 Å². The van der Waals surface area contributed by atoms with Crippen LogP contribution in [-0.2, 0) is 6.42 Å². The molecule has 1 rings (SSSR count). The number of aryl methyl sites for hydroxylation is 1. The molecule has 0 bridgehead atoms. The number of phenols is 2. The number of phenolic OH excluding ortho intramolecular Hbond substituents is 2. The van der Waals surface area contributed by atoms with E-state index in [2.05, 4.69) is 0 Å². The lowest BCUT2D eigenvalue weighted by atomic mass is 9.96. The Bertz CT molecular complexity index is 369. The second-order valence-corrected chi connectivity index (χ2v) is 4.65. The molecule has 0 spiro atoms. The maximum Gasteiger partial charge on any atom is 0.200 e. The molecule has 0 aliphatic rings. The molecule has 16 heavy (non-hydrogen) atoms. The Balaban J connectivity index is 2.86. The highest BCUT2D eigenvalue weighted by atomic mass is 16.5. The summed E-state index contributed by atoms with van der Waals surface area (Å²) in [6.45, 7) is 3.90. The van der Waals surface area contributed by atoms with E-state index in [-0.39, 0.29) is 22.8 Å². The molecule has 0 aliphatic heterocycles. The number of aromatic hydroxyl groups is 2. The van der Waals surface area contributed by atoms with E-state index >= 15 is 0 Å². The van der Waals surface area contributed by atoms with Gasteiger partial charge in [0.2, 0.25) is 5.75 Å². The van der Waals surface area contributed by atoms with Crippen LogP contribution in [0.1, 0.15) is 25.8 Å². The van der Waals surface area contributed by atoms with Crippen molar-refractivity contribution in [3.63, 3.8) is 0 Å². The van der Waals surface area contributed by atoms with Crippen LogP contribution in [0.2, 0.25) is 0 Å². The van der Waals surface area contributed by atoms with Gasteiger partial charge in [0.1, 0.15) is 0 Å².